The molecule has 1 amide bonds. The van der Waals surface area contributed by atoms with E-state index in [0.717, 1.165) is 22.6 Å². The number of anilines is 1. The summed E-state index contributed by atoms with van der Waals surface area (Å²) >= 11 is 0. The molecule has 27 heavy (non-hydrogen) atoms. The first kappa shape index (κ1) is 18.5. The lowest BCUT2D eigenvalue weighted by Gasteiger charge is -2.13. The highest BCUT2D eigenvalue weighted by atomic mass is 16.5. The number of amides is 1. The molecule has 1 N–H and O–H groups in total. The van der Waals surface area contributed by atoms with Crippen LogP contribution in [0.15, 0.2) is 72.8 Å². The smallest absolute Gasteiger partial charge is 0.259 e. The largest absolute Gasteiger partial charge is 0.490 e. The minimum absolute atomic E-state index is 0.195. The molecule has 4 heteroatoms. The zero-order valence-electron chi connectivity index (χ0n) is 15.6. The summed E-state index contributed by atoms with van der Waals surface area (Å²) in [5.41, 5.74) is 3.48. The maximum absolute atomic E-state index is 12.7. The highest BCUT2D eigenvalue weighted by molar-refractivity contribution is 6.06. The third kappa shape index (κ3) is 5.35. The minimum atomic E-state index is -0.195. The number of rotatable bonds is 7. The number of para-hydroxylation sites is 2. The maximum Gasteiger partial charge on any atom is 0.259 e. The van der Waals surface area contributed by atoms with Gasteiger partial charge in [-0.3, -0.25) is 4.79 Å². The SMILES string of the molecule is Cc1cc(C)cc(NC(=O)c2ccccc2OCCOc2ccccc2)c1. The van der Waals surface area contributed by atoms with Crippen LogP contribution in [0, 0.1) is 13.8 Å². The zero-order chi connectivity index (χ0) is 19.1. The monoisotopic (exact) mass is 361 g/mol. The van der Waals surface area contributed by atoms with Gasteiger partial charge in [-0.1, -0.05) is 36.4 Å². The Labute approximate surface area is 159 Å². The molecule has 3 aromatic rings. The van der Waals surface area contributed by atoms with Gasteiger partial charge in [0.25, 0.3) is 5.91 Å². The quantitative estimate of drug-likeness (QED) is 0.602. The fourth-order valence-electron chi connectivity index (χ4n) is 2.85. The van der Waals surface area contributed by atoms with Gasteiger partial charge < -0.3 is 14.8 Å². The Kier molecular flexibility index (Phi) is 6.10. The van der Waals surface area contributed by atoms with E-state index in [4.69, 9.17) is 9.47 Å². The Hall–Kier alpha value is -3.27. The van der Waals surface area contributed by atoms with Gasteiger partial charge in [-0.2, -0.15) is 0 Å². The van der Waals surface area contributed by atoms with Crippen LogP contribution >= 0.6 is 0 Å². The third-order valence-electron chi connectivity index (χ3n) is 3.96. The van der Waals surface area contributed by atoms with E-state index in [2.05, 4.69) is 11.4 Å². The summed E-state index contributed by atoms with van der Waals surface area (Å²) in [6.45, 7) is 4.76. The molecule has 0 bridgehead atoms. The van der Waals surface area contributed by atoms with Gasteiger partial charge in [0.1, 0.15) is 24.7 Å². The van der Waals surface area contributed by atoms with Crippen molar-refractivity contribution in [1.82, 2.24) is 0 Å². The van der Waals surface area contributed by atoms with E-state index in [1.165, 1.54) is 0 Å². The Balaban J connectivity index is 1.61. The van der Waals surface area contributed by atoms with Crippen LogP contribution < -0.4 is 14.8 Å². The molecular weight excluding hydrogens is 338 g/mol. The topological polar surface area (TPSA) is 47.6 Å². The van der Waals surface area contributed by atoms with Gasteiger partial charge in [-0.15, -0.1) is 0 Å². The lowest BCUT2D eigenvalue weighted by Crippen LogP contribution is -2.15. The van der Waals surface area contributed by atoms with Crippen molar-refractivity contribution in [3.8, 4) is 11.5 Å². The van der Waals surface area contributed by atoms with Gasteiger partial charge in [-0.25, -0.2) is 0 Å². The first-order valence-electron chi connectivity index (χ1n) is 8.91. The standard InChI is InChI=1S/C23H23NO3/c1-17-14-18(2)16-19(15-17)24-23(25)21-10-6-7-11-22(21)27-13-12-26-20-8-4-3-5-9-20/h3-11,14-16H,12-13H2,1-2H3,(H,24,25). The molecule has 0 saturated carbocycles. The summed E-state index contributed by atoms with van der Waals surface area (Å²) in [5, 5.41) is 2.95. The molecule has 0 unspecified atom stereocenters. The van der Waals surface area contributed by atoms with Crippen molar-refractivity contribution in [2.75, 3.05) is 18.5 Å². The van der Waals surface area contributed by atoms with E-state index < -0.39 is 0 Å². The van der Waals surface area contributed by atoms with Crippen molar-refractivity contribution in [2.45, 2.75) is 13.8 Å². The normalized spacial score (nSPS) is 10.3. The third-order valence-corrected chi connectivity index (χ3v) is 3.96. The second-order valence-corrected chi connectivity index (χ2v) is 6.34. The van der Waals surface area contributed by atoms with Crippen LogP contribution in [0.3, 0.4) is 0 Å². The number of aryl methyl sites for hydroxylation is 2. The minimum Gasteiger partial charge on any atom is -0.490 e. The van der Waals surface area contributed by atoms with Gasteiger partial charge in [0.2, 0.25) is 0 Å². The van der Waals surface area contributed by atoms with Crippen molar-refractivity contribution in [3.63, 3.8) is 0 Å². The molecule has 4 nitrogen and oxygen atoms in total. The summed E-state index contributed by atoms with van der Waals surface area (Å²) in [5.74, 6) is 1.14. The molecule has 0 aliphatic rings. The van der Waals surface area contributed by atoms with Gasteiger partial charge in [-0.05, 0) is 61.4 Å². The van der Waals surface area contributed by atoms with Gasteiger partial charge in [0, 0.05) is 5.69 Å². The number of ether oxygens (including phenoxy) is 2. The fourth-order valence-corrected chi connectivity index (χ4v) is 2.85. The van der Waals surface area contributed by atoms with E-state index >= 15 is 0 Å². The molecule has 3 rings (SSSR count). The molecule has 0 fully saturated rings. The number of hydrogen-bond donors (Lipinski definition) is 1. The van der Waals surface area contributed by atoms with Crippen LogP contribution in [-0.4, -0.2) is 19.1 Å². The van der Waals surface area contributed by atoms with Crippen LogP contribution in [0.2, 0.25) is 0 Å². The Morgan fingerprint density at radius 2 is 1.44 bits per heavy atom. The van der Waals surface area contributed by atoms with Gasteiger partial charge in [0.05, 0.1) is 5.56 Å². The average molecular weight is 361 g/mol. The first-order valence-corrected chi connectivity index (χ1v) is 8.91. The molecule has 0 aliphatic carbocycles. The van der Waals surface area contributed by atoms with Crippen LogP contribution in [0.25, 0.3) is 0 Å². The molecule has 0 atom stereocenters. The molecule has 0 spiro atoms. The Morgan fingerprint density at radius 1 is 0.815 bits per heavy atom. The highest BCUT2D eigenvalue weighted by Crippen LogP contribution is 2.21. The molecule has 0 aliphatic heterocycles. The van der Waals surface area contributed by atoms with Crippen molar-refractivity contribution >= 4 is 11.6 Å². The number of benzene rings is 3. The summed E-state index contributed by atoms with van der Waals surface area (Å²) in [7, 11) is 0. The second-order valence-electron chi connectivity index (χ2n) is 6.34. The summed E-state index contributed by atoms with van der Waals surface area (Å²) in [6.07, 6.45) is 0. The first-order chi connectivity index (χ1) is 13.1. The van der Waals surface area contributed by atoms with Crippen LogP contribution in [-0.2, 0) is 0 Å². The molecule has 0 radical (unpaired) electrons. The molecule has 3 aromatic carbocycles. The Bertz CT molecular complexity index is 886. The van der Waals surface area contributed by atoms with Crippen LogP contribution in [0.5, 0.6) is 11.5 Å². The van der Waals surface area contributed by atoms with E-state index in [0.29, 0.717) is 24.5 Å². The van der Waals surface area contributed by atoms with Gasteiger partial charge in [0.15, 0.2) is 0 Å². The fraction of sp³-hybridized carbons (Fsp3) is 0.174. The predicted octanol–water partition coefficient (Wildman–Crippen LogP) is 5.01. The van der Waals surface area contributed by atoms with E-state index in [-0.39, 0.29) is 5.91 Å². The van der Waals surface area contributed by atoms with E-state index in [9.17, 15) is 4.79 Å². The van der Waals surface area contributed by atoms with Gasteiger partial charge >= 0.3 is 0 Å². The number of nitrogens with one attached hydrogen (secondary N) is 1. The summed E-state index contributed by atoms with van der Waals surface area (Å²) in [6, 6.07) is 22.7. The number of carbonyl (C=O) groups excluding carboxylic acids is 1. The number of carbonyl (C=O) groups is 1. The molecule has 0 aromatic heterocycles. The lowest BCUT2D eigenvalue weighted by atomic mass is 10.1. The molecule has 138 valence electrons. The van der Waals surface area contributed by atoms with Crippen LogP contribution in [0.4, 0.5) is 5.69 Å². The van der Waals surface area contributed by atoms with Crippen molar-refractivity contribution in [3.05, 3.63) is 89.5 Å². The highest BCUT2D eigenvalue weighted by Gasteiger charge is 2.12. The zero-order valence-corrected chi connectivity index (χ0v) is 15.6. The van der Waals surface area contributed by atoms with E-state index in [1.54, 1.807) is 12.1 Å². The molecular formula is C23H23NO3. The average Bonchev–Trinajstić information content (AvgIpc) is 2.65. The van der Waals surface area contributed by atoms with Crippen LogP contribution in [0.1, 0.15) is 21.5 Å². The Morgan fingerprint density at radius 3 is 2.19 bits per heavy atom. The summed E-state index contributed by atoms with van der Waals surface area (Å²) < 4.78 is 11.4. The maximum atomic E-state index is 12.7. The summed E-state index contributed by atoms with van der Waals surface area (Å²) in [4.78, 5) is 12.7. The second kappa shape index (κ2) is 8.90. The number of hydrogen-bond acceptors (Lipinski definition) is 3. The van der Waals surface area contributed by atoms with E-state index in [1.807, 2.05) is 68.4 Å². The molecule has 0 heterocycles. The van der Waals surface area contributed by atoms with Crippen molar-refractivity contribution in [2.24, 2.45) is 0 Å². The predicted molar refractivity (Wildman–Crippen MR) is 108 cm³/mol. The molecule has 0 saturated heterocycles. The van der Waals surface area contributed by atoms with Crippen molar-refractivity contribution < 1.29 is 14.3 Å². The van der Waals surface area contributed by atoms with Crippen molar-refractivity contribution in [1.29, 1.82) is 0 Å². The lowest BCUT2D eigenvalue weighted by molar-refractivity contribution is 0.102.